The lowest BCUT2D eigenvalue weighted by Crippen LogP contribution is -2.07. The van der Waals surface area contributed by atoms with E-state index in [0.717, 1.165) is 10.6 Å². The van der Waals surface area contributed by atoms with Gasteiger partial charge in [0.1, 0.15) is 10.9 Å². The molecular weight excluding hydrogens is 334 g/mol. The lowest BCUT2D eigenvalue weighted by atomic mass is 10.1. The van der Waals surface area contributed by atoms with Gasteiger partial charge in [-0.3, -0.25) is 4.79 Å². The van der Waals surface area contributed by atoms with Crippen LogP contribution in [0, 0.1) is 0 Å². The number of aromatic nitrogens is 4. The molecule has 3 aromatic rings. The fraction of sp³-hybridized carbons (Fsp3) is 0.0556. The van der Waals surface area contributed by atoms with Crippen LogP contribution < -0.4 is 5.32 Å². The average molecular weight is 349 g/mol. The standard InChI is InChI=1S/C18H15N5OS/c1-2-16(24)22-14-6-3-5-13(11-14)12-15-19-10-7-17(23-15)25-18-20-8-4-9-21-18/h2-11H,1,12H2,(H,22,24). The predicted octanol–water partition coefficient (Wildman–Crippen LogP) is 3.13. The molecule has 0 aliphatic rings. The Bertz CT molecular complexity index is 885. The molecule has 0 radical (unpaired) electrons. The van der Waals surface area contributed by atoms with Crippen LogP contribution in [0.4, 0.5) is 5.69 Å². The fourth-order valence-electron chi connectivity index (χ4n) is 2.09. The second kappa shape index (κ2) is 8.16. The van der Waals surface area contributed by atoms with Crippen LogP contribution in [0.1, 0.15) is 11.4 Å². The van der Waals surface area contributed by atoms with Crippen molar-refractivity contribution >= 4 is 23.4 Å². The van der Waals surface area contributed by atoms with Gasteiger partial charge in [-0.1, -0.05) is 18.7 Å². The molecule has 1 amide bonds. The largest absolute Gasteiger partial charge is 0.323 e. The van der Waals surface area contributed by atoms with E-state index in [1.165, 1.54) is 17.8 Å². The topological polar surface area (TPSA) is 80.7 Å². The molecule has 0 atom stereocenters. The van der Waals surface area contributed by atoms with Crippen molar-refractivity contribution in [2.45, 2.75) is 16.6 Å². The maximum absolute atomic E-state index is 11.4. The van der Waals surface area contributed by atoms with Crippen LogP contribution in [0.2, 0.25) is 0 Å². The van der Waals surface area contributed by atoms with Crippen molar-refractivity contribution in [1.82, 2.24) is 19.9 Å². The number of benzene rings is 1. The van der Waals surface area contributed by atoms with E-state index in [4.69, 9.17) is 0 Å². The summed E-state index contributed by atoms with van der Waals surface area (Å²) in [5, 5.41) is 4.17. The maximum atomic E-state index is 11.4. The van der Waals surface area contributed by atoms with Crippen LogP contribution in [0.25, 0.3) is 0 Å². The molecule has 0 fully saturated rings. The SMILES string of the molecule is C=CC(=O)Nc1cccc(Cc2nccc(Sc3ncccn3)n2)c1. The van der Waals surface area contributed by atoms with Crippen LogP contribution in [0.3, 0.4) is 0 Å². The van der Waals surface area contributed by atoms with Gasteiger partial charge in [0, 0.05) is 30.7 Å². The Balaban J connectivity index is 1.73. The summed E-state index contributed by atoms with van der Waals surface area (Å²) in [5.41, 5.74) is 1.71. The zero-order valence-electron chi connectivity index (χ0n) is 13.3. The van der Waals surface area contributed by atoms with E-state index in [2.05, 4.69) is 31.8 Å². The average Bonchev–Trinajstić information content (AvgIpc) is 2.63. The summed E-state index contributed by atoms with van der Waals surface area (Å²) in [6.45, 7) is 3.45. The van der Waals surface area contributed by atoms with Crippen molar-refractivity contribution in [1.29, 1.82) is 0 Å². The highest BCUT2D eigenvalue weighted by Gasteiger charge is 2.06. The summed E-state index contributed by atoms with van der Waals surface area (Å²) in [4.78, 5) is 28.6. The number of amides is 1. The van der Waals surface area contributed by atoms with Gasteiger partial charge in [-0.2, -0.15) is 0 Å². The molecule has 3 rings (SSSR count). The van der Waals surface area contributed by atoms with Crippen molar-refractivity contribution in [3.63, 3.8) is 0 Å². The fourth-order valence-corrected chi connectivity index (χ4v) is 2.78. The first kappa shape index (κ1) is 16.8. The third kappa shape index (κ3) is 4.95. The van der Waals surface area contributed by atoms with E-state index >= 15 is 0 Å². The van der Waals surface area contributed by atoms with Gasteiger partial charge < -0.3 is 5.32 Å². The third-order valence-corrected chi connectivity index (χ3v) is 3.99. The van der Waals surface area contributed by atoms with Crippen molar-refractivity contribution in [2.75, 3.05) is 5.32 Å². The zero-order valence-corrected chi connectivity index (χ0v) is 14.1. The molecule has 1 N–H and O–H groups in total. The van der Waals surface area contributed by atoms with Gasteiger partial charge in [-0.05, 0) is 47.7 Å². The summed E-state index contributed by atoms with van der Waals surface area (Å²) >= 11 is 1.39. The first-order chi connectivity index (χ1) is 12.2. The molecule has 0 unspecified atom stereocenters. The monoisotopic (exact) mass is 349 g/mol. The van der Waals surface area contributed by atoms with Gasteiger partial charge >= 0.3 is 0 Å². The van der Waals surface area contributed by atoms with Crippen molar-refractivity contribution in [3.8, 4) is 0 Å². The molecule has 0 saturated carbocycles. The number of rotatable bonds is 6. The van der Waals surface area contributed by atoms with Crippen LogP contribution in [-0.4, -0.2) is 25.8 Å². The van der Waals surface area contributed by atoms with Crippen molar-refractivity contribution in [2.24, 2.45) is 0 Å². The highest BCUT2D eigenvalue weighted by Crippen LogP contribution is 2.22. The lowest BCUT2D eigenvalue weighted by Gasteiger charge is -2.06. The first-order valence-electron chi connectivity index (χ1n) is 7.52. The third-order valence-electron chi connectivity index (χ3n) is 3.16. The first-order valence-corrected chi connectivity index (χ1v) is 8.34. The number of nitrogens with one attached hydrogen (secondary N) is 1. The quantitative estimate of drug-likeness (QED) is 0.418. The van der Waals surface area contributed by atoms with E-state index in [1.807, 2.05) is 30.3 Å². The second-order valence-electron chi connectivity index (χ2n) is 5.02. The normalized spacial score (nSPS) is 10.2. The highest BCUT2D eigenvalue weighted by molar-refractivity contribution is 7.99. The Labute approximate surface area is 149 Å². The summed E-state index contributed by atoms with van der Waals surface area (Å²) in [6, 6.07) is 11.2. The van der Waals surface area contributed by atoms with Crippen LogP contribution in [0.5, 0.6) is 0 Å². The predicted molar refractivity (Wildman–Crippen MR) is 96.3 cm³/mol. The lowest BCUT2D eigenvalue weighted by molar-refractivity contribution is -0.111. The van der Waals surface area contributed by atoms with Gasteiger partial charge in [0.15, 0.2) is 5.16 Å². The molecule has 25 heavy (non-hydrogen) atoms. The van der Waals surface area contributed by atoms with E-state index in [1.54, 1.807) is 24.7 Å². The smallest absolute Gasteiger partial charge is 0.247 e. The Morgan fingerprint density at radius 2 is 1.96 bits per heavy atom. The second-order valence-corrected chi connectivity index (χ2v) is 6.00. The summed E-state index contributed by atoms with van der Waals surface area (Å²) < 4.78 is 0. The number of carbonyl (C=O) groups excluding carboxylic acids is 1. The number of hydrogen-bond acceptors (Lipinski definition) is 6. The molecule has 0 bridgehead atoms. The highest BCUT2D eigenvalue weighted by atomic mass is 32.2. The molecule has 0 aliphatic heterocycles. The molecule has 7 heteroatoms. The molecule has 0 saturated heterocycles. The van der Waals surface area contributed by atoms with Gasteiger partial charge in [0.2, 0.25) is 5.91 Å². The Morgan fingerprint density at radius 1 is 1.12 bits per heavy atom. The maximum Gasteiger partial charge on any atom is 0.247 e. The molecule has 1 aromatic carbocycles. The number of anilines is 1. The molecular formula is C18H15N5OS. The minimum absolute atomic E-state index is 0.241. The van der Waals surface area contributed by atoms with E-state index in [-0.39, 0.29) is 5.91 Å². The van der Waals surface area contributed by atoms with Crippen molar-refractivity contribution < 1.29 is 4.79 Å². The van der Waals surface area contributed by atoms with Gasteiger partial charge in [0.25, 0.3) is 0 Å². The van der Waals surface area contributed by atoms with Crippen LogP contribution >= 0.6 is 11.8 Å². The van der Waals surface area contributed by atoms with Gasteiger partial charge in [0.05, 0.1) is 0 Å². The molecule has 2 heterocycles. The minimum Gasteiger partial charge on any atom is -0.323 e. The van der Waals surface area contributed by atoms with Crippen LogP contribution in [0.15, 0.2) is 77.8 Å². The number of carbonyl (C=O) groups is 1. The molecule has 2 aromatic heterocycles. The summed E-state index contributed by atoms with van der Waals surface area (Å²) in [7, 11) is 0. The van der Waals surface area contributed by atoms with Crippen LogP contribution in [-0.2, 0) is 11.2 Å². The zero-order chi connectivity index (χ0) is 17.5. The molecule has 6 nitrogen and oxygen atoms in total. The van der Waals surface area contributed by atoms with E-state index in [0.29, 0.717) is 23.1 Å². The number of nitrogens with zero attached hydrogens (tertiary/aromatic N) is 4. The minimum atomic E-state index is -0.241. The van der Waals surface area contributed by atoms with Gasteiger partial charge in [-0.25, -0.2) is 19.9 Å². The number of hydrogen-bond donors (Lipinski definition) is 1. The molecule has 0 spiro atoms. The Morgan fingerprint density at radius 3 is 2.76 bits per heavy atom. The van der Waals surface area contributed by atoms with E-state index < -0.39 is 0 Å². The van der Waals surface area contributed by atoms with Gasteiger partial charge in [-0.15, -0.1) is 0 Å². The molecule has 124 valence electrons. The molecule has 0 aliphatic carbocycles. The Hall–Kier alpha value is -3.06. The summed E-state index contributed by atoms with van der Waals surface area (Å²) in [5.74, 6) is 0.447. The summed E-state index contributed by atoms with van der Waals surface area (Å²) in [6.07, 6.45) is 6.90. The van der Waals surface area contributed by atoms with E-state index in [9.17, 15) is 4.79 Å². The Kier molecular flexibility index (Phi) is 5.48. The van der Waals surface area contributed by atoms with Crippen molar-refractivity contribution in [3.05, 3.63) is 79.0 Å².